The van der Waals surface area contributed by atoms with Crippen molar-refractivity contribution in [1.82, 2.24) is 9.97 Å². The first-order valence-electron chi connectivity index (χ1n) is 3.57. The van der Waals surface area contributed by atoms with E-state index in [1.165, 1.54) is 7.11 Å². The van der Waals surface area contributed by atoms with Gasteiger partial charge >= 0.3 is 6.18 Å². The predicted molar refractivity (Wildman–Crippen MR) is 39.5 cm³/mol. The number of hydrogen-bond acceptors (Lipinski definition) is 4. The molecule has 4 nitrogen and oxygen atoms in total. The summed E-state index contributed by atoms with van der Waals surface area (Å²) in [5.41, 5.74) is -1.74. The van der Waals surface area contributed by atoms with Crippen LogP contribution in [0.4, 0.5) is 13.2 Å². The molecule has 0 fully saturated rings. The second kappa shape index (κ2) is 3.79. The van der Waals surface area contributed by atoms with Crippen LogP contribution in [0.25, 0.3) is 0 Å². The number of halogens is 3. The lowest BCUT2D eigenvalue weighted by Gasteiger charge is -2.09. The summed E-state index contributed by atoms with van der Waals surface area (Å²) >= 11 is 0. The van der Waals surface area contributed by atoms with Gasteiger partial charge in [-0.3, -0.25) is 4.98 Å². The minimum absolute atomic E-state index is 0.241. The Morgan fingerprint density at radius 3 is 2.57 bits per heavy atom. The lowest BCUT2D eigenvalue weighted by Crippen LogP contribution is -2.14. The number of rotatable bonds is 2. The van der Waals surface area contributed by atoms with Crippen molar-refractivity contribution < 1.29 is 23.0 Å². The summed E-state index contributed by atoms with van der Waals surface area (Å²) < 4.78 is 41.3. The maximum absolute atomic E-state index is 12.3. The van der Waals surface area contributed by atoms with Gasteiger partial charge in [-0.2, -0.15) is 13.2 Å². The summed E-state index contributed by atoms with van der Waals surface area (Å²) in [6.07, 6.45) is -3.62. The van der Waals surface area contributed by atoms with Crippen LogP contribution in [0.15, 0.2) is 6.20 Å². The minimum Gasteiger partial charge on any atom is -0.480 e. The Kier molecular flexibility index (Phi) is 2.90. The molecule has 14 heavy (non-hydrogen) atoms. The van der Waals surface area contributed by atoms with Gasteiger partial charge in [0, 0.05) is 0 Å². The van der Waals surface area contributed by atoms with Crippen LogP contribution in [0.1, 0.15) is 11.4 Å². The molecule has 0 atom stereocenters. The van der Waals surface area contributed by atoms with Gasteiger partial charge in [0.1, 0.15) is 0 Å². The third-order valence-electron chi connectivity index (χ3n) is 1.45. The summed E-state index contributed by atoms with van der Waals surface area (Å²) in [6, 6.07) is 0. The standard InChI is InChI=1S/C7H7F3N2O2/c1-14-5-2-11-4(3-13)6(12-5)7(8,9)10/h2,13H,3H2,1H3. The molecular formula is C7H7F3N2O2. The van der Waals surface area contributed by atoms with Crippen LogP contribution in [-0.4, -0.2) is 22.2 Å². The van der Waals surface area contributed by atoms with Crippen molar-refractivity contribution in [2.24, 2.45) is 0 Å². The van der Waals surface area contributed by atoms with Crippen LogP contribution in [0.5, 0.6) is 5.88 Å². The Morgan fingerprint density at radius 1 is 1.50 bits per heavy atom. The zero-order chi connectivity index (χ0) is 10.8. The molecule has 1 aromatic rings. The molecule has 0 amide bonds. The first-order valence-corrected chi connectivity index (χ1v) is 3.57. The average Bonchev–Trinajstić information content (AvgIpc) is 2.15. The Morgan fingerprint density at radius 2 is 2.14 bits per heavy atom. The van der Waals surface area contributed by atoms with Crippen LogP contribution < -0.4 is 4.74 Å². The summed E-state index contributed by atoms with van der Waals surface area (Å²) in [5.74, 6) is -0.241. The molecule has 0 aliphatic carbocycles. The lowest BCUT2D eigenvalue weighted by molar-refractivity contribution is -0.142. The van der Waals surface area contributed by atoms with Gasteiger partial charge in [-0.25, -0.2) is 4.98 Å². The van der Waals surface area contributed by atoms with E-state index in [1.807, 2.05) is 0 Å². The molecule has 0 aromatic carbocycles. The quantitative estimate of drug-likeness (QED) is 0.787. The van der Waals surface area contributed by atoms with E-state index in [0.29, 0.717) is 0 Å². The second-order valence-corrected chi connectivity index (χ2v) is 2.36. The number of alkyl halides is 3. The van der Waals surface area contributed by atoms with Gasteiger partial charge < -0.3 is 9.84 Å². The van der Waals surface area contributed by atoms with Gasteiger partial charge in [-0.05, 0) is 0 Å². The van der Waals surface area contributed by atoms with Gasteiger partial charge in [0.05, 0.1) is 25.6 Å². The molecule has 1 aromatic heterocycles. The first kappa shape index (κ1) is 10.7. The molecule has 0 bridgehead atoms. The smallest absolute Gasteiger partial charge is 0.435 e. The third-order valence-corrected chi connectivity index (χ3v) is 1.45. The van der Waals surface area contributed by atoms with Crippen molar-refractivity contribution in [1.29, 1.82) is 0 Å². The molecule has 0 saturated carbocycles. The van der Waals surface area contributed by atoms with Gasteiger partial charge in [0.2, 0.25) is 5.88 Å². The Hall–Kier alpha value is -1.37. The number of ether oxygens (including phenoxy) is 1. The fraction of sp³-hybridized carbons (Fsp3) is 0.429. The highest BCUT2D eigenvalue weighted by Gasteiger charge is 2.36. The summed E-state index contributed by atoms with van der Waals surface area (Å²) in [7, 11) is 1.18. The number of aliphatic hydroxyl groups is 1. The molecule has 1 heterocycles. The highest BCUT2D eigenvalue weighted by molar-refractivity contribution is 5.19. The number of hydrogen-bond donors (Lipinski definition) is 1. The van der Waals surface area contributed by atoms with Crippen LogP contribution >= 0.6 is 0 Å². The average molecular weight is 208 g/mol. The van der Waals surface area contributed by atoms with Gasteiger partial charge in [0.15, 0.2) is 5.69 Å². The van der Waals surface area contributed by atoms with E-state index in [2.05, 4.69) is 14.7 Å². The number of nitrogens with zero attached hydrogens (tertiary/aromatic N) is 2. The molecular weight excluding hydrogens is 201 g/mol. The van der Waals surface area contributed by atoms with Crippen molar-refractivity contribution in [3.63, 3.8) is 0 Å². The molecule has 0 aliphatic rings. The largest absolute Gasteiger partial charge is 0.480 e. The summed E-state index contributed by atoms with van der Waals surface area (Å²) in [5, 5.41) is 8.60. The second-order valence-electron chi connectivity index (χ2n) is 2.36. The molecule has 1 N–H and O–H groups in total. The Balaban J connectivity index is 3.22. The van der Waals surface area contributed by atoms with E-state index in [-0.39, 0.29) is 5.88 Å². The minimum atomic E-state index is -4.64. The van der Waals surface area contributed by atoms with Crippen molar-refractivity contribution in [3.05, 3.63) is 17.6 Å². The maximum atomic E-state index is 12.3. The normalized spacial score (nSPS) is 11.5. The van der Waals surface area contributed by atoms with Crippen LogP contribution in [0.2, 0.25) is 0 Å². The zero-order valence-corrected chi connectivity index (χ0v) is 7.17. The SMILES string of the molecule is COc1cnc(CO)c(C(F)(F)F)n1. The number of methoxy groups -OCH3 is 1. The van der Waals surface area contributed by atoms with E-state index < -0.39 is 24.2 Å². The van der Waals surface area contributed by atoms with E-state index in [0.717, 1.165) is 6.20 Å². The Bertz CT molecular complexity index is 327. The van der Waals surface area contributed by atoms with Crippen LogP contribution in [-0.2, 0) is 12.8 Å². The van der Waals surface area contributed by atoms with Crippen molar-refractivity contribution >= 4 is 0 Å². The molecule has 7 heteroatoms. The summed E-state index contributed by atoms with van der Waals surface area (Å²) in [4.78, 5) is 6.54. The molecule has 1 rings (SSSR count). The lowest BCUT2D eigenvalue weighted by atomic mass is 10.3. The number of aliphatic hydroxyl groups excluding tert-OH is 1. The number of aromatic nitrogens is 2. The van der Waals surface area contributed by atoms with E-state index in [9.17, 15) is 13.2 Å². The third kappa shape index (κ3) is 2.11. The van der Waals surface area contributed by atoms with Gasteiger partial charge in [-0.1, -0.05) is 0 Å². The van der Waals surface area contributed by atoms with Crippen LogP contribution in [0.3, 0.4) is 0 Å². The van der Waals surface area contributed by atoms with Crippen molar-refractivity contribution in [2.45, 2.75) is 12.8 Å². The fourth-order valence-corrected chi connectivity index (χ4v) is 0.839. The molecule has 0 spiro atoms. The molecule has 0 radical (unpaired) electrons. The van der Waals surface area contributed by atoms with Crippen molar-refractivity contribution in [2.75, 3.05) is 7.11 Å². The topological polar surface area (TPSA) is 55.2 Å². The first-order chi connectivity index (χ1) is 6.49. The van der Waals surface area contributed by atoms with Crippen LogP contribution in [0, 0.1) is 0 Å². The molecule has 0 unspecified atom stereocenters. The highest BCUT2D eigenvalue weighted by atomic mass is 19.4. The highest BCUT2D eigenvalue weighted by Crippen LogP contribution is 2.30. The van der Waals surface area contributed by atoms with Gasteiger partial charge in [0.25, 0.3) is 0 Å². The maximum Gasteiger partial charge on any atom is 0.435 e. The summed E-state index contributed by atoms with van der Waals surface area (Å²) in [6.45, 7) is -0.814. The predicted octanol–water partition coefficient (Wildman–Crippen LogP) is 0.996. The van der Waals surface area contributed by atoms with E-state index >= 15 is 0 Å². The monoisotopic (exact) mass is 208 g/mol. The Labute approximate surface area is 77.4 Å². The fourth-order valence-electron chi connectivity index (χ4n) is 0.839. The molecule has 78 valence electrons. The van der Waals surface area contributed by atoms with Crippen molar-refractivity contribution in [3.8, 4) is 5.88 Å². The zero-order valence-electron chi connectivity index (χ0n) is 7.17. The molecule has 0 aliphatic heterocycles. The van der Waals surface area contributed by atoms with E-state index in [1.54, 1.807) is 0 Å². The van der Waals surface area contributed by atoms with Gasteiger partial charge in [-0.15, -0.1) is 0 Å². The van der Waals surface area contributed by atoms with E-state index in [4.69, 9.17) is 5.11 Å². The molecule has 0 saturated heterocycles.